The topological polar surface area (TPSA) is 55.1 Å². The van der Waals surface area contributed by atoms with Gasteiger partial charge in [-0.25, -0.2) is 0 Å². The van der Waals surface area contributed by atoms with Crippen molar-refractivity contribution >= 4 is 30.1 Å². The summed E-state index contributed by atoms with van der Waals surface area (Å²) in [5.74, 6) is 1.62. The summed E-state index contributed by atoms with van der Waals surface area (Å²) in [5, 5.41) is 4.04. The van der Waals surface area contributed by atoms with E-state index in [1.54, 1.807) is 0 Å². The van der Waals surface area contributed by atoms with Gasteiger partial charge in [-0.2, -0.15) is 11.8 Å². The van der Waals surface area contributed by atoms with Gasteiger partial charge < -0.3 is 11.1 Å². The summed E-state index contributed by atoms with van der Waals surface area (Å²) >= 11 is 2.05. The number of amides is 1. The fourth-order valence-electron chi connectivity index (χ4n) is 3.45. The minimum Gasteiger partial charge on any atom is -0.353 e. The summed E-state index contributed by atoms with van der Waals surface area (Å²) < 4.78 is 0. The quantitative estimate of drug-likeness (QED) is 0.837. The van der Waals surface area contributed by atoms with Crippen LogP contribution in [0.2, 0.25) is 0 Å². The van der Waals surface area contributed by atoms with E-state index < -0.39 is 0 Å². The fourth-order valence-corrected chi connectivity index (χ4v) is 4.62. The molecule has 20 heavy (non-hydrogen) atoms. The van der Waals surface area contributed by atoms with Crippen molar-refractivity contribution in [2.24, 2.45) is 11.7 Å². The highest BCUT2D eigenvalue weighted by molar-refractivity contribution is 7.99. The van der Waals surface area contributed by atoms with Crippen LogP contribution in [0.3, 0.4) is 0 Å². The molecule has 0 radical (unpaired) electrons. The maximum absolute atomic E-state index is 12.3. The molecule has 2 aliphatic rings. The molecule has 2 aliphatic carbocycles. The molecule has 3 nitrogen and oxygen atoms in total. The SMILES string of the molecule is CCSC1CCCC(NC(=O)C2CCCC(N)C2)C1.Cl. The smallest absolute Gasteiger partial charge is 0.223 e. The maximum atomic E-state index is 12.3. The molecule has 2 fully saturated rings. The van der Waals surface area contributed by atoms with Gasteiger partial charge in [-0.1, -0.05) is 19.8 Å². The number of carbonyl (C=O) groups excluding carboxylic acids is 1. The molecule has 0 heterocycles. The van der Waals surface area contributed by atoms with E-state index in [0.29, 0.717) is 6.04 Å². The Kier molecular flexibility index (Phi) is 8.30. The van der Waals surface area contributed by atoms with Crippen molar-refractivity contribution in [1.82, 2.24) is 5.32 Å². The van der Waals surface area contributed by atoms with Gasteiger partial charge in [0, 0.05) is 23.3 Å². The first-order valence-corrected chi connectivity index (χ1v) is 8.91. The molecule has 1 amide bonds. The van der Waals surface area contributed by atoms with E-state index in [0.717, 1.165) is 43.8 Å². The van der Waals surface area contributed by atoms with E-state index in [2.05, 4.69) is 12.2 Å². The second-order valence-electron chi connectivity index (χ2n) is 6.07. The Hall–Kier alpha value is 0.0700. The van der Waals surface area contributed by atoms with Crippen LogP contribution >= 0.6 is 24.2 Å². The zero-order chi connectivity index (χ0) is 13.7. The molecule has 5 heteroatoms. The normalized spacial score (nSPS) is 34.1. The lowest BCUT2D eigenvalue weighted by molar-refractivity contribution is -0.127. The van der Waals surface area contributed by atoms with Crippen molar-refractivity contribution in [3.63, 3.8) is 0 Å². The van der Waals surface area contributed by atoms with Crippen LogP contribution in [0.5, 0.6) is 0 Å². The van der Waals surface area contributed by atoms with Crippen molar-refractivity contribution in [1.29, 1.82) is 0 Å². The number of carbonyl (C=O) groups is 1. The van der Waals surface area contributed by atoms with Crippen molar-refractivity contribution in [3.05, 3.63) is 0 Å². The Balaban J connectivity index is 0.00000200. The molecule has 4 atom stereocenters. The third kappa shape index (κ3) is 5.45. The molecular formula is C15H29ClN2OS. The first-order valence-electron chi connectivity index (χ1n) is 7.86. The van der Waals surface area contributed by atoms with Gasteiger partial charge in [0.2, 0.25) is 5.91 Å². The summed E-state index contributed by atoms with van der Waals surface area (Å²) in [5.41, 5.74) is 5.97. The van der Waals surface area contributed by atoms with E-state index in [4.69, 9.17) is 5.73 Å². The third-order valence-electron chi connectivity index (χ3n) is 4.46. The zero-order valence-electron chi connectivity index (χ0n) is 12.5. The monoisotopic (exact) mass is 320 g/mol. The Morgan fingerprint density at radius 1 is 1.20 bits per heavy atom. The molecular weight excluding hydrogens is 292 g/mol. The van der Waals surface area contributed by atoms with Crippen LogP contribution in [-0.4, -0.2) is 29.0 Å². The second kappa shape index (κ2) is 9.16. The van der Waals surface area contributed by atoms with Crippen LogP contribution in [0.1, 0.15) is 58.3 Å². The first kappa shape index (κ1) is 18.1. The van der Waals surface area contributed by atoms with Crippen molar-refractivity contribution in [2.45, 2.75) is 75.6 Å². The third-order valence-corrected chi connectivity index (χ3v) is 5.69. The van der Waals surface area contributed by atoms with Crippen molar-refractivity contribution in [2.75, 3.05) is 5.75 Å². The number of thioether (sulfide) groups is 1. The summed E-state index contributed by atoms with van der Waals surface area (Å²) in [4.78, 5) is 12.3. The predicted molar refractivity (Wildman–Crippen MR) is 89.5 cm³/mol. The lowest BCUT2D eigenvalue weighted by Gasteiger charge is -2.32. The van der Waals surface area contributed by atoms with E-state index in [9.17, 15) is 4.79 Å². The minimum atomic E-state index is 0. The number of rotatable bonds is 4. The zero-order valence-corrected chi connectivity index (χ0v) is 14.1. The minimum absolute atomic E-state index is 0. The standard InChI is InChI=1S/C15H28N2OS.ClH/c1-2-19-14-8-4-7-13(10-14)17-15(18)11-5-3-6-12(16)9-11;/h11-14H,2-10,16H2,1H3,(H,17,18);1H. The number of nitrogens with two attached hydrogens (primary N) is 1. The van der Waals surface area contributed by atoms with Gasteiger partial charge in [0.25, 0.3) is 0 Å². The van der Waals surface area contributed by atoms with Gasteiger partial charge in [-0.3, -0.25) is 4.79 Å². The predicted octanol–water partition coefficient (Wildman–Crippen LogP) is 3.11. The van der Waals surface area contributed by atoms with E-state index >= 15 is 0 Å². The molecule has 118 valence electrons. The van der Waals surface area contributed by atoms with Gasteiger partial charge in [-0.15, -0.1) is 12.4 Å². The molecule has 0 aromatic rings. The summed E-state index contributed by atoms with van der Waals surface area (Å²) in [6, 6.07) is 0.641. The highest BCUT2D eigenvalue weighted by atomic mass is 35.5. The molecule has 2 rings (SSSR count). The molecule has 0 aliphatic heterocycles. The van der Waals surface area contributed by atoms with Crippen LogP contribution in [0.4, 0.5) is 0 Å². The van der Waals surface area contributed by atoms with Gasteiger partial charge in [0.15, 0.2) is 0 Å². The molecule has 0 aromatic carbocycles. The lowest BCUT2D eigenvalue weighted by Crippen LogP contribution is -2.44. The Bertz CT molecular complexity index is 302. The molecule has 0 spiro atoms. The maximum Gasteiger partial charge on any atom is 0.223 e. The fraction of sp³-hybridized carbons (Fsp3) is 0.933. The molecule has 0 saturated heterocycles. The van der Waals surface area contributed by atoms with Gasteiger partial charge >= 0.3 is 0 Å². The van der Waals surface area contributed by atoms with Crippen molar-refractivity contribution in [3.8, 4) is 0 Å². The Labute approximate surface area is 133 Å². The van der Waals surface area contributed by atoms with Gasteiger partial charge in [0.1, 0.15) is 0 Å². The van der Waals surface area contributed by atoms with Crippen LogP contribution in [0.15, 0.2) is 0 Å². The first-order chi connectivity index (χ1) is 9.19. The lowest BCUT2D eigenvalue weighted by atomic mass is 9.85. The molecule has 0 bridgehead atoms. The van der Waals surface area contributed by atoms with E-state index in [-0.39, 0.29) is 30.3 Å². The summed E-state index contributed by atoms with van der Waals surface area (Å²) in [7, 11) is 0. The van der Waals surface area contributed by atoms with Crippen molar-refractivity contribution < 1.29 is 4.79 Å². The number of nitrogens with one attached hydrogen (secondary N) is 1. The number of halogens is 1. The van der Waals surface area contributed by atoms with Gasteiger partial charge in [0.05, 0.1) is 0 Å². The number of hydrogen-bond acceptors (Lipinski definition) is 3. The average molecular weight is 321 g/mol. The van der Waals surface area contributed by atoms with Gasteiger partial charge in [-0.05, 0) is 44.3 Å². The molecule has 4 unspecified atom stereocenters. The summed E-state index contributed by atoms with van der Waals surface area (Å²) in [6.45, 7) is 2.22. The highest BCUT2D eigenvalue weighted by Crippen LogP contribution is 2.29. The van der Waals surface area contributed by atoms with Crippen LogP contribution in [0.25, 0.3) is 0 Å². The Morgan fingerprint density at radius 2 is 1.95 bits per heavy atom. The van der Waals surface area contributed by atoms with Crippen LogP contribution < -0.4 is 11.1 Å². The highest BCUT2D eigenvalue weighted by Gasteiger charge is 2.28. The van der Waals surface area contributed by atoms with Crippen LogP contribution in [0, 0.1) is 5.92 Å². The average Bonchev–Trinajstić information content (AvgIpc) is 2.39. The molecule has 0 aromatic heterocycles. The molecule has 3 N–H and O–H groups in total. The molecule has 2 saturated carbocycles. The van der Waals surface area contributed by atoms with Crippen LogP contribution in [-0.2, 0) is 4.79 Å². The second-order valence-corrected chi connectivity index (χ2v) is 7.65. The Morgan fingerprint density at radius 3 is 2.65 bits per heavy atom. The van der Waals surface area contributed by atoms with E-state index in [1.807, 2.05) is 11.8 Å². The van der Waals surface area contributed by atoms with E-state index in [1.165, 1.54) is 18.6 Å². The largest absolute Gasteiger partial charge is 0.353 e. The summed E-state index contributed by atoms with van der Waals surface area (Å²) in [6.07, 6.45) is 8.99. The number of hydrogen-bond donors (Lipinski definition) is 2.